The van der Waals surface area contributed by atoms with E-state index in [0.29, 0.717) is 5.69 Å². The molecule has 1 unspecified atom stereocenters. The maximum absolute atomic E-state index is 13.2. The summed E-state index contributed by atoms with van der Waals surface area (Å²) >= 11 is 6.41. The van der Waals surface area contributed by atoms with E-state index in [4.69, 9.17) is 0 Å². The van der Waals surface area contributed by atoms with Crippen molar-refractivity contribution in [1.82, 2.24) is 10.3 Å². The van der Waals surface area contributed by atoms with Gasteiger partial charge in [-0.1, -0.05) is 6.07 Å². The van der Waals surface area contributed by atoms with Gasteiger partial charge in [0.25, 0.3) is 0 Å². The molecule has 26 heavy (non-hydrogen) atoms. The summed E-state index contributed by atoms with van der Waals surface area (Å²) in [6.07, 6.45) is -1.04. The number of halogens is 3. The second-order valence-electron chi connectivity index (χ2n) is 5.44. The summed E-state index contributed by atoms with van der Waals surface area (Å²) in [6, 6.07) is 5.10. The molecule has 0 saturated carbocycles. The molecular weight excluding hydrogens is 446 g/mol. The number of aromatic nitrogens is 1. The highest BCUT2D eigenvalue weighted by atomic mass is 79.9. The maximum Gasteiger partial charge on any atom is 0.226 e. The molecule has 0 fully saturated rings. The van der Waals surface area contributed by atoms with Gasteiger partial charge in [0.05, 0.1) is 23.1 Å². The molecule has 0 aliphatic rings. The van der Waals surface area contributed by atoms with E-state index < -0.39 is 17.7 Å². The second kappa shape index (κ2) is 8.34. The van der Waals surface area contributed by atoms with E-state index in [2.05, 4.69) is 26.2 Å². The van der Waals surface area contributed by atoms with Crippen LogP contribution in [0.25, 0.3) is 9.88 Å². The monoisotopic (exact) mass is 458 g/mol. The lowest BCUT2D eigenvalue weighted by molar-refractivity contribution is -0.120. The number of benzene rings is 1. The van der Waals surface area contributed by atoms with Gasteiger partial charge in [-0.25, -0.2) is 13.8 Å². The Balaban J connectivity index is 1.54. The van der Waals surface area contributed by atoms with Gasteiger partial charge in [-0.05, 0) is 39.7 Å². The van der Waals surface area contributed by atoms with E-state index in [9.17, 15) is 18.7 Å². The molecule has 0 radical (unpaired) electrons. The number of thiazole rings is 1. The standard InChI is InChI=1S/C17H13BrF2N2O2S2/c18-10-4-15(25-7-10)17-22-11(8-26-17)5-16(24)21-6-14(23)9-1-2-12(19)13(20)3-9/h1-4,7-8,14,23H,5-6H2,(H,21,24). The molecule has 0 saturated heterocycles. The summed E-state index contributed by atoms with van der Waals surface area (Å²) in [5.41, 5.74) is 0.831. The Kier molecular flexibility index (Phi) is 6.13. The lowest BCUT2D eigenvalue weighted by atomic mass is 10.1. The summed E-state index contributed by atoms with van der Waals surface area (Å²) in [4.78, 5) is 17.5. The van der Waals surface area contributed by atoms with Crippen LogP contribution in [0.4, 0.5) is 8.78 Å². The van der Waals surface area contributed by atoms with Crippen LogP contribution >= 0.6 is 38.6 Å². The molecule has 3 aromatic rings. The minimum absolute atomic E-state index is 0.0769. The van der Waals surface area contributed by atoms with E-state index in [1.165, 1.54) is 17.4 Å². The Labute approximate surface area is 164 Å². The van der Waals surface area contributed by atoms with Crippen LogP contribution in [0.2, 0.25) is 0 Å². The third-order valence-corrected chi connectivity index (χ3v) is 6.24. The van der Waals surface area contributed by atoms with Crippen LogP contribution in [0.1, 0.15) is 17.4 Å². The van der Waals surface area contributed by atoms with Gasteiger partial charge in [-0.3, -0.25) is 4.79 Å². The second-order valence-corrected chi connectivity index (χ2v) is 8.13. The molecule has 0 aliphatic heterocycles. The lowest BCUT2D eigenvalue weighted by Crippen LogP contribution is -2.29. The summed E-state index contributed by atoms with van der Waals surface area (Å²) in [6.45, 7) is -0.0984. The zero-order chi connectivity index (χ0) is 18.7. The number of aliphatic hydroxyl groups is 1. The first-order valence-corrected chi connectivity index (χ1v) is 10.1. The van der Waals surface area contributed by atoms with Crippen molar-refractivity contribution in [2.45, 2.75) is 12.5 Å². The summed E-state index contributed by atoms with van der Waals surface area (Å²) < 4.78 is 27.1. The summed E-state index contributed by atoms with van der Waals surface area (Å²) in [5, 5.41) is 17.2. The van der Waals surface area contributed by atoms with Crippen molar-refractivity contribution in [2.75, 3.05) is 6.54 Å². The maximum atomic E-state index is 13.2. The van der Waals surface area contributed by atoms with Crippen LogP contribution in [-0.4, -0.2) is 22.5 Å². The highest BCUT2D eigenvalue weighted by molar-refractivity contribution is 9.10. The molecule has 2 N–H and O–H groups in total. The molecule has 2 aromatic heterocycles. The van der Waals surface area contributed by atoms with E-state index in [1.807, 2.05) is 16.8 Å². The van der Waals surface area contributed by atoms with Gasteiger partial charge >= 0.3 is 0 Å². The van der Waals surface area contributed by atoms with Gasteiger partial charge < -0.3 is 10.4 Å². The first-order valence-electron chi connectivity index (χ1n) is 7.51. The molecule has 0 bridgehead atoms. The van der Waals surface area contributed by atoms with Crippen molar-refractivity contribution in [1.29, 1.82) is 0 Å². The largest absolute Gasteiger partial charge is 0.387 e. The lowest BCUT2D eigenvalue weighted by Gasteiger charge is -2.12. The van der Waals surface area contributed by atoms with Crippen molar-refractivity contribution >= 4 is 44.5 Å². The number of amides is 1. The van der Waals surface area contributed by atoms with Gasteiger partial charge in [0, 0.05) is 21.8 Å². The van der Waals surface area contributed by atoms with Crippen molar-refractivity contribution < 1.29 is 18.7 Å². The predicted molar refractivity (Wildman–Crippen MR) is 101 cm³/mol. The Morgan fingerprint density at radius 1 is 1.23 bits per heavy atom. The topological polar surface area (TPSA) is 62.2 Å². The minimum Gasteiger partial charge on any atom is -0.387 e. The minimum atomic E-state index is -1.12. The van der Waals surface area contributed by atoms with E-state index in [1.54, 1.807) is 11.3 Å². The smallest absolute Gasteiger partial charge is 0.226 e. The van der Waals surface area contributed by atoms with Crippen molar-refractivity contribution in [3.8, 4) is 9.88 Å². The zero-order valence-electron chi connectivity index (χ0n) is 13.2. The van der Waals surface area contributed by atoms with Crippen molar-refractivity contribution in [3.05, 3.63) is 62.4 Å². The summed E-state index contributed by atoms with van der Waals surface area (Å²) in [7, 11) is 0. The fraction of sp³-hybridized carbons (Fsp3) is 0.176. The number of nitrogens with zero attached hydrogens (tertiary/aromatic N) is 1. The molecule has 1 aromatic carbocycles. The molecule has 2 heterocycles. The van der Waals surface area contributed by atoms with E-state index in [0.717, 1.165) is 26.5 Å². The van der Waals surface area contributed by atoms with Crippen LogP contribution < -0.4 is 5.32 Å². The van der Waals surface area contributed by atoms with Crippen LogP contribution in [-0.2, 0) is 11.2 Å². The summed E-state index contributed by atoms with van der Waals surface area (Å²) in [5.74, 6) is -2.33. The van der Waals surface area contributed by atoms with Crippen LogP contribution in [0.5, 0.6) is 0 Å². The van der Waals surface area contributed by atoms with Crippen LogP contribution in [0.15, 0.2) is 39.5 Å². The molecule has 4 nitrogen and oxygen atoms in total. The Morgan fingerprint density at radius 3 is 2.73 bits per heavy atom. The van der Waals surface area contributed by atoms with Gasteiger partial charge in [-0.15, -0.1) is 22.7 Å². The van der Waals surface area contributed by atoms with Gasteiger partial charge in [0.2, 0.25) is 5.91 Å². The Bertz CT molecular complexity index is 929. The highest BCUT2D eigenvalue weighted by Crippen LogP contribution is 2.32. The van der Waals surface area contributed by atoms with Gasteiger partial charge in [0.1, 0.15) is 5.01 Å². The molecule has 136 valence electrons. The number of hydrogen-bond acceptors (Lipinski definition) is 5. The third-order valence-electron chi connectivity index (χ3n) is 3.49. The number of carbonyl (C=O) groups is 1. The predicted octanol–water partition coefficient (Wildman–Crippen LogP) is 4.30. The van der Waals surface area contributed by atoms with E-state index >= 15 is 0 Å². The molecule has 9 heteroatoms. The van der Waals surface area contributed by atoms with Gasteiger partial charge in [-0.2, -0.15) is 0 Å². The number of nitrogens with one attached hydrogen (secondary N) is 1. The fourth-order valence-electron chi connectivity index (χ4n) is 2.20. The molecule has 1 amide bonds. The molecule has 3 rings (SSSR count). The van der Waals surface area contributed by atoms with E-state index in [-0.39, 0.29) is 24.4 Å². The zero-order valence-corrected chi connectivity index (χ0v) is 16.4. The Hall–Kier alpha value is -1.68. The molecule has 0 aliphatic carbocycles. The number of aliphatic hydroxyl groups excluding tert-OH is 1. The number of rotatable bonds is 6. The fourth-order valence-corrected chi connectivity index (χ4v) is 4.53. The first-order chi connectivity index (χ1) is 12.4. The SMILES string of the molecule is O=C(Cc1csc(-c2cc(Br)cs2)n1)NCC(O)c1ccc(F)c(F)c1. The van der Waals surface area contributed by atoms with Gasteiger partial charge in [0.15, 0.2) is 11.6 Å². The van der Waals surface area contributed by atoms with Crippen LogP contribution in [0, 0.1) is 11.6 Å². The van der Waals surface area contributed by atoms with Crippen LogP contribution in [0.3, 0.4) is 0 Å². The molecule has 1 atom stereocenters. The Morgan fingerprint density at radius 2 is 2.04 bits per heavy atom. The quantitative estimate of drug-likeness (QED) is 0.578. The first kappa shape index (κ1) is 19.1. The highest BCUT2D eigenvalue weighted by Gasteiger charge is 2.14. The molecule has 0 spiro atoms. The van der Waals surface area contributed by atoms with Crippen molar-refractivity contribution in [3.63, 3.8) is 0 Å². The third kappa shape index (κ3) is 4.73. The molecular formula is C17H13BrF2N2O2S2. The normalized spacial score (nSPS) is 12.2. The van der Waals surface area contributed by atoms with Crippen molar-refractivity contribution in [2.24, 2.45) is 0 Å². The number of carbonyl (C=O) groups excluding carboxylic acids is 1. The number of thiophene rings is 1. The average molecular weight is 459 g/mol. The number of hydrogen-bond donors (Lipinski definition) is 2. The average Bonchev–Trinajstić information content (AvgIpc) is 3.24.